The first kappa shape index (κ1) is 16.4. The van der Waals surface area contributed by atoms with E-state index in [4.69, 9.17) is 4.74 Å². The highest BCUT2D eigenvalue weighted by Gasteiger charge is 2.14. The molecule has 1 N–H and O–H groups in total. The van der Waals surface area contributed by atoms with Crippen LogP contribution in [0.2, 0.25) is 0 Å². The molecule has 0 radical (unpaired) electrons. The molecule has 3 rings (SSSR count). The molecule has 1 saturated heterocycles. The second kappa shape index (κ2) is 7.39. The minimum Gasteiger partial charge on any atom is -0.484 e. The van der Waals surface area contributed by atoms with Crippen LogP contribution in [0.15, 0.2) is 42.5 Å². The van der Waals surface area contributed by atoms with Crippen LogP contribution in [0, 0.1) is 13.8 Å². The minimum absolute atomic E-state index is 0.00991. The van der Waals surface area contributed by atoms with Gasteiger partial charge in [0.05, 0.1) is 0 Å². The van der Waals surface area contributed by atoms with Gasteiger partial charge in [0.15, 0.2) is 6.61 Å². The lowest BCUT2D eigenvalue weighted by molar-refractivity contribution is -0.118. The lowest BCUT2D eigenvalue weighted by atomic mass is 10.1. The van der Waals surface area contributed by atoms with Crippen molar-refractivity contribution in [2.75, 3.05) is 29.9 Å². The molecule has 4 nitrogen and oxygen atoms in total. The first-order valence-electron chi connectivity index (χ1n) is 8.47. The number of rotatable bonds is 5. The molecule has 1 amide bonds. The number of aryl methyl sites for hydroxylation is 2. The van der Waals surface area contributed by atoms with Gasteiger partial charge in [-0.1, -0.05) is 17.7 Å². The van der Waals surface area contributed by atoms with Gasteiger partial charge in [-0.2, -0.15) is 0 Å². The zero-order valence-electron chi connectivity index (χ0n) is 14.3. The SMILES string of the molecule is Cc1ccc(OCC(=O)Nc2ccc(N3CCCC3)c(C)c2)cc1. The van der Waals surface area contributed by atoms with E-state index in [1.165, 1.54) is 29.7 Å². The van der Waals surface area contributed by atoms with E-state index < -0.39 is 0 Å². The largest absolute Gasteiger partial charge is 0.484 e. The Balaban J connectivity index is 1.56. The lowest BCUT2D eigenvalue weighted by Gasteiger charge is -2.20. The van der Waals surface area contributed by atoms with E-state index in [2.05, 4.69) is 23.2 Å². The summed E-state index contributed by atoms with van der Waals surface area (Å²) in [4.78, 5) is 14.5. The summed E-state index contributed by atoms with van der Waals surface area (Å²) in [5.41, 5.74) is 4.43. The summed E-state index contributed by atoms with van der Waals surface area (Å²) >= 11 is 0. The summed E-state index contributed by atoms with van der Waals surface area (Å²) in [6.45, 7) is 6.36. The van der Waals surface area contributed by atoms with Crippen molar-refractivity contribution in [1.29, 1.82) is 0 Å². The van der Waals surface area contributed by atoms with Gasteiger partial charge in [0, 0.05) is 24.5 Å². The van der Waals surface area contributed by atoms with Crippen LogP contribution in [0.25, 0.3) is 0 Å². The van der Waals surface area contributed by atoms with E-state index >= 15 is 0 Å². The Morgan fingerprint density at radius 2 is 1.79 bits per heavy atom. The van der Waals surface area contributed by atoms with Gasteiger partial charge in [-0.15, -0.1) is 0 Å². The number of anilines is 2. The third-order valence-corrected chi connectivity index (χ3v) is 4.32. The molecule has 1 aliphatic rings. The fourth-order valence-corrected chi connectivity index (χ4v) is 3.03. The number of hydrogen-bond acceptors (Lipinski definition) is 3. The first-order valence-corrected chi connectivity index (χ1v) is 8.47. The van der Waals surface area contributed by atoms with E-state index in [1.54, 1.807) is 0 Å². The third-order valence-electron chi connectivity index (χ3n) is 4.32. The smallest absolute Gasteiger partial charge is 0.262 e. The molecule has 2 aromatic rings. The van der Waals surface area contributed by atoms with Crippen molar-refractivity contribution in [3.8, 4) is 5.75 Å². The average Bonchev–Trinajstić information content (AvgIpc) is 3.09. The number of amides is 1. The summed E-state index contributed by atoms with van der Waals surface area (Å²) in [5.74, 6) is 0.556. The zero-order chi connectivity index (χ0) is 16.9. The minimum atomic E-state index is -0.149. The van der Waals surface area contributed by atoms with Crippen LogP contribution in [0.3, 0.4) is 0 Å². The van der Waals surface area contributed by atoms with E-state index in [-0.39, 0.29) is 12.5 Å². The Bertz CT molecular complexity index is 704. The molecule has 2 aromatic carbocycles. The molecule has 1 heterocycles. The summed E-state index contributed by atoms with van der Waals surface area (Å²) in [7, 11) is 0. The van der Waals surface area contributed by atoms with Gasteiger partial charge in [-0.3, -0.25) is 4.79 Å². The Hall–Kier alpha value is -2.49. The second-order valence-corrected chi connectivity index (χ2v) is 6.35. The van der Waals surface area contributed by atoms with Crippen molar-refractivity contribution in [1.82, 2.24) is 0 Å². The van der Waals surface area contributed by atoms with Crippen molar-refractivity contribution < 1.29 is 9.53 Å². The van der Waals surface area contributed by atoms with Crippen LogP contribution in [0.5, 0.6) is 5.75 Å². The summed E-state index contributed by atoms with van der Waals surface area (Å²) in [5, 5.41) is 2.90. The number of nitrogens with zero attached hydrogens (tertiary/aromatic N) is 1. The van der Waals surface area contributed by atoms with Gasteiger partial charge in [-0.05, 0) is 62.6 Å². The molecule has 0 spiro atoms. The van der Waals surface area contributed by atoms with E-state index in [1.807, 2.05) is 43.3 Å². The zero-order valence-corrected chi connectivity index (χ0v) is 14.3. The van der Waals surface area contributed by atoms with Gasteiger partial charge in [0.25, 0.3) is 5.91 Å². The molecule has 0 atom stereocenters. The molecule has 24 heavy (non-hydrogen) atoms. The van der Waals surface area contributed by atoms with E-state index in [0.29, 0.717) is 5.75 Å². The number of ether oxygens (including phenoxy) is 1. The Morgan fingerprint density at radius 3 is 2.46 bits per heavy atom. The maximum atomic E-state index is 12.1. The van der Waals surface area contributed by atoms with Crippen molar-refractivity contribution in [2.24, 2.45) is 0 Å². The van der Waals surface area contributed by atoms with Crippen LogP contribution in [-0.4, -0.2) is 25.6 Å². The topological polar surface area (TPSA) is 41.6 Å². The van der Waals surface area contributed by atoms with Crippen molar-refractivity contribution in [2.45, 2.75) is 26.7 Å². The van der Waals surface area contributed by atoms with Crippen LogP contribution in [-0.2, 0) is 4.79 Å². The van der Waals surface area contributed by atoms with Gasteiger partial charge in [0.2, 0.25) is 0 Å². The Morgan fingerprint density at radius 1 is 1.08 bits per heavy atom. The molecule has 0 bridgehead atoms. The predicted octanol–water partition coefficient (Wildman–Crippen LogP) is 3.92. The molecule has 4 heteroatoms. The van der Waals surface area contributed by atoms with E-state index in [9.17, 15) is 4.79 Å². The lowest BCUT2D eigenvalue weighted by Crippen LogP contribution is -2.21. The fraction of sp³-hybridized carbons (Fsp3) is 0.350. The molecular formula is C20H24N2O2. The maximum absolute atomic E-state index is 12.1. The predicted molar refractivity (Wildman–Crippen MR) is 97.9 cm³/mol. The van der Waals surface area contributed by atoms with Crippen molar-refractivity contribution >= 4 is 17.3 Å². The van der Waals surface area contributed by atoms with Gasteiger partial charge in [-0.25, -0.2) is 0 Å². The number of hydrogen-bond donors (Lipinski definition) is 1. The molecule has 1 fully saturated rings. The average molecular weight is 324 g/mol. The van der Waals surface area contributed by atoms with E-state index in [0.717, 1.165) is 18.8 Å². The number of benzene rings is 2. The highest BCUT2D eigenvalue weighted by atomic mass is 16.5. The van der Waals surface area contributed by atoms with Gasteiger partial charge >= 0.3 is 0 Å². The summed E-state index contributed by atoms with van der Waals surface area (Å²) in [6.07, 6.45) is 2.52. The first-order chi connectivity index (χ1) is 11.6. The molecule has 126 valence electrons. The van der Waals surface area contributed by atoms with Crippen molar-refractivity contribution in [3.05, 3.63) is 53.6 Å². The molecule has 0 aliphatic carbocycles. The highest BCUT2D eigenvalue weighted by Crippen LogP contribution is 2.26. The fourth-order valence-electron chi connectivity index (χ4n) is 3.03. The monoisotopic (exact) mass is 324 g/mol. The summed E-state index contributed by atoms with van der Waals surface area (Å²) < 4.78 is 5.51. The van der Waals surface area contributed by atoms with Crippen LogP contribution >= 0.6 is 0 Å². The highest BCUT2D eigenvalue weighted by molar-refractivity contribution is 5.92. The van der Waals surface area contributed by atoms with Crippen LogP contribution < -0.4 is 15.0 Å². The number of nitrogens with one attached hydrogen (secondary N) is 1. The van der Waals surface area contributed by atoms with Gasteiger partial charge < -0.3 is 15.0 Å². The molecule has 1 aliphatic heterocycles. The second-order valence-electron chi connectivity index (χ2n) is 6.35. The molecule has 0 aromatic heterocycles. The van der Waals surface area contributed by atoms with Crippen molar-refractivity contribution in [3.63, 3.8) is 0 Å². The molecular weight excluding hydrogens is 300 g/mol. The number of carbonyl (C=O) groups is 1. The quantitative estimate of drug-likeness (QED) is 0.906. The van der Waals surface area contributed by atoms with Crippen LogP contribution in [0.4, 0.5) is 11.4 Å². The molecule has 0 saturated carbocycles. The normalized spacial score (nSPS) is 13.8. The van der Waals surface area contributed by atoms with Crippen LogP contribution in [0.1, 0.15) is 24.0 Å². The Kier molecular flexibility index (Phi) is 5.04. The number of carbonyl (C=O) groups excluding carboxylic acids is 1. The Labute approximate surface area is 143 Å². The standard InChI is InChI=1S/C20H24N2O2/c1-15-5-8-18(9-6-15)24-14-20(23)21-17-7-10-19(16(2)13-17)22-11-3-4-12-22/h5-10,13H,3-4,11-12,14H2,1-2H3,(H,21,23). The summed E-state index contributed by atoms with van der Waals surface area (Å²) in [6, 6.07) is 13.8. The maximum Gasteiger partial charge on any atom is 0.262 e. The van der Waals surface area contributed by atoms with Gasteiger partial charge in [0.1, 0.15) is 5.75 Å². The third kappa shape index (κ3) is 4.07. The molecule has 0 unspecified atom stereocenters.